The van der Waals surface area contributed by atoms with E-state index in [1.54, 1.807) is 12.1 Å². The van der Waals surface area contributed by atoms with Crippen molar-refractivity contribution in [1.82, 2.24) is 20.7 Å². The smallest absolute Gasteiger partial charge is 0.380 e. The van der Waals surface area contributed by atoms with E-state index in [-0.39, 0.29) is 29.5 Å². The molecule has 1 amide bonds. The van der Waals surface area contributed by atoms with Crippen molar-refractivity contribution in [3.8, 4) is 6.07 Å². The molecule has 4 aliphatic rings. The summed E-state index contributed by atoms with van der Waals surface area (Å²) in [6.45, 7) is 2.39. The highest BCUT2D eigenvalue weighted by Crippen LogP contribution is 2.40. The van der Waals surface area contributed by atoms with Gasteiger partial charge in [-0.25, -0.2) is 10.4 Å². The molecule has 0 aromatic heterocycles. The lowest BCUT2D eigenvalue weighted by molar-refractivity contribution is -0.195. The minimum atomic E-state index is -4.34. The van der Waals surface area contributed by atoms with Gasteiger partial charge in [-0.3, -0.25) is 9.69 Å². The fraction of sp³-hybridized carbons (Fsp3) is 0.652. The molecular weight excluding hydrogens is 449 g/mol. The molecule has 4 saturated heterocycles. The number of anilines is 1. The van der Waals surface area contributed by atoms with Crippen LogP contribution in [-0.2, 0) is 9.53 Å². The summed E-state index contributed by atoms with van der Waals surface area (Å²) in [5.74, 6) is -0.690. The zero-order chi connectivity index (χ0) is 23.9. The summed E-state index contributed by atoms with van der Waals surface area (Å²) in [7, 11) is 0. The van der Waals surface area contributed by atoms with E-state index in [1.165, 1.54) is 17.0 Å². The molecule has 6 atom stereocenters. The van der Waals surface area contributed by atoms with E-state index < -0.39 is 24.3 Å². The summed E-state index contributed by atoms with van der Waals surface area (Å²) in [5, 5.41) is 17.8. The Morgan fingerprint density at radius 1 is 1.18 bits per heavy atom. The number of nitrogens with one attached hydrogen (secondary N) is 3. The first-order chi connectivity index (χ1) is 16.4. The first-order valence-electron chi connectivity index (χ1n) is 11.8. The number of rotatable bonds is 5. The number of carbonyl (C=O) groups is 1. The van der Waals surface area contributed by atoms with Crippen molar-refractivity contribution >= 4 is 11.6 Å². The Morgan fingerprint density at radius 2 is 1.94 bits per heavy atom. The molecule has 4 heterocycles. The predicted octanol–water partition coefficient (Wildman–Crippen LogP) is 1.99. The van der Waals surface area contributed by atoms with E-state index >= 15 is 0 Å². The Kier molecular flexibility index (Phi) is 6.41. The first kappa shape index (κ1) is 23.4. The lowest BCUT2D eigenvalue weighted by Crippen LogP contribution is -2.56. The van der Waals surface area contributed by atoms with Crippen LogP contribution in [0.25, 0.3) is 0 Å². The van der Waals surface area contributed by atoms with Gasteiger partial charge in [0.2, 0.25) is 5.91 Å². The van der Waals surface area contributed by atoms with Gasteiger partial charge in [0.25, 0.3) is 0 Å². The summed E-state index contributed by atoms with van der Waals surface area (Å²) in [6.07, 6.45) is -2.64. The highest BCUT2D eigenvalue weighted by molar-refractivity contribution is 5.82. The number of nitrogens with zero attached hydrogens (tertiary/aromatic N) is 3. The van der Waals surface area contributed by atoms with Crippen LogP contribution in [0.5, 0.6) is 0 Å². The average Bonchev–Trinajstić information content (AvgIpc) is 3.15. The number of halogens is 3. The summed E-state index contributed by atoms with van der Waals surface area (Å²) < 4.78 is 46.6. The van der Waals surface area contributed by atoms with Crippen LogP contribution in [0.1, 0.15) is 30.9 Å². The zero-order valence-corrected chi connectivity index (χ0v) is 18.7. The van der Waals surface area contributed by atoms with Gasteiger partial charge in [-0.1, -0.05) is 12.1 Å². The van der Waals surface area contributed by atoms with Crippen LogP contribution in [0.4, 0.5) is 18.9 Å². The monoisotopic (exact) mass is 478 g/mol. The van der Waals surface area contributed by atoms with Crippen molar-refractivity contribution in [3.05, 3.63) is 29.8 Å². The number of nitriles is 1. The third-order valence-corrected chi connectivity index (χ3v) is 7.43. The van der Waals surface area contributed by atoms with E-state index in [0.29, 0.717) is 45.0 Å². The molecule has 1 aromatic rings. The standard InChI is InChI=1S/C23H29F3N6O2/c24-23(25,26)20(31-9-1-10-31)14-2-4-16(5-3-14)29-21-19-17(6-8-28-22(19)33)32(30-21)18-13-34-11-7-15(18)12-27/h2-5,15,17-21,29-30H,1,6-11,13H2,(H,28,33)/t15-,17?,18+,19?,20?,21?/m1/s1. The van der Waals surface area contributed by atoms with Gasteiger partial charge < -0.3 is 15.4 Å². The van der Waals surface area contributed by atoms with Gasteiger partial charge in [-0.05, 0) is 37.0 Å². The Bertz CT molecular complexity index is 932. The van der Waals surface area contributed by atoms with Crippen LogP contribution in [0.2, 0.25) is 0 Å². The molecule has 34 heavy (non-hydrogen) atoms. The molecule has 0 radical (unpaired) electrons. The fourth-order valence-electron chi connectivity index (χ4n) is 5.60. The van der Waals surface area contributed by atoms with Crippen molar-refractivity contribution in [2.45, 2.75) is 49.7 Å². The third kappa shape index (κ3) is 4.35. The van der Waals surface area contributed by atoms with Crippen molar-refractivity contribution in [1.29, 1.82) is 5.26 Å². The maximum absolute atomic E-state index is 13.7. The highest BCUT2D eigenvalue weighted by atomic mass is 19.4. The molecule has 0 aliphatic carbocycles. The van der Waals surface area contributed by atoms with Crippen LogP contribution < -0.4 is 16.1 Å². The highest BCUT2D eigenvalue weighted by Gasteiger charge is 2.51. The number of piperidine rings is 1. The molecule has 0 saturated carbocycles. The van der Waals surface area contributed by atoms with Crippen molar-refractivity contribution < 1.29 is 22.7 Å². The summed E-state index contributed by atoms with van der Waals surface area (Å²) in [5.41, 5.74) is 4.22. The number of likely N-dealkylation sites (tertiary alicyclic amines) is 1. The third-order valence-electron chi connectivity index (χ3n) is 7.43. The lowest BCUT2D eigenvalue weighted by atomic mass is 9.88. The number of amides is 1. The second-order valence-electron chi connectivity index (χ2n) is 9.45. The van der Waals surface area contributed by atoms with Crippen LogP contribution in [-0.4, -0.2) is 73.1 Å². The van der Waals surface area contributed by atoms with Crippen LogP contribution in [0.15, 0.2) is 24.3 Å². The Labute approximate surface area is 196 Å². The van der Waals surface area contributed by atoms with Crippen LogP contribution in [0.3, 0.4) is 0 Å². The molecule has 4 aliphatic heterocycles. The van der Waals surface area contributed by atoms with Gasteiger partial charge in [0, 0.05) is 38.0 Å². The Hall–Kier alpha value is -2.39. The predicted molar refractivity (Wildman–Crippen MR) is 117 cm³/mol. The normalized spacial score (nSPS) is 33.4. The number of alkyl halides is 3. The number of benzene rings is 1. The minimum absolute atomic E-state index is 0.0828. The topological polar surface area (TPSA) is 92.7 Å². The van der Waals surface area contributed by atoms with Gasteiger partial charge in [0.05, 0.1) is 30.6 Å². The molecule has 4 unspecified atom stereocenters. The zero-order valence-electron chi connectivity index (χ0n) is 18.7. The summed E-state index contributed by atoms with van der Waals surface area (Å²) in [6, 6.07) is 6.78. The fourth-order valence-corrected chi connectivity index (χ4v) is 5.60. The minimum Gasteiger partial charge on any atom is -0.380 e. The summed E-state index contributed by atoms with van der Waals surface area (Å²) in [4.78, 5) is 14.2. The molecule has 5 rings (SSSR count). The molecule has 4 fully saturated rings. The van der Waals surface area contributed by atoms with Crippen molar-refractivity contribution in [2.75, 3.05) is 38.2 Å². The molecule has 0 bridgehead atoms. The number of fused-ring (bicyclic) bond motifs is 1. The SMILES string of the molecule is N#C[C@H]1CCOC[C@@H]1N1NC(Nc2ccc(C(N3CCC3)C(F)(F)F)cc2)C2C(=O)NCCC21. The molecule has 1 aromatic carbocycles. The number of hydrazine groups is 1. The second kappa shape index (κ2) is 9.34. The van der Waals surface area contributed by atoms with E-state index in [0.717, 1.165) is 12.8 Å². The van der Waals surface area contributed by atoms with Gasteiger partial charge in [0.1, 0.15) is 12.2 Å². The molecule has 11 heteroatoms. The van der Waals surface area contributed by atoms with E-state index in [9.17, 15) is 23.2 Å². The van der Waals surface area contributed by atoms with Gasteiger partial charge in [-0.2, -0.15) is 18.4 Å². The average molecular weight is 479 g/mol. The van der Waals surface area contributed by atoms with Crippen LogP contribution in [0, 0.1) is 23.2 Å². The maximum atomic E-state index is 13.7. The largest absolute Gasteiger partial charge is 0.408 e. The number of ether oxygens (including phenoxy) is 1. The second-order valence-corrected chi connectivity index (χ2v) is 9.45. The quantitative estimate of drug-likeness (QED) is 0.596. The maximum Gasteiger partial charge on any atom is 0.408 e. The van der Waals surface area contributed by atoms with E-state index in [1.807, 2.05) is 5.01 Å². The van der Waals surface area contributed by atoms with E-state index in [2.05, 4.69) is 22.1 Å². The molecule has 184 valence electrons. The molecule has 3 N–H and O–H groups in total. The van der Waals surface area contributed by atoms with Gasteiger partial charge in [0.15, 0.2) is 0 Å². The first-order valence-corrected chi connectivity index (χ1v) is 11.8. The summed E-state index contributed by atoms with van der Waals surface area (Å²) >= 11 is 0. The number of carbonyl (C=O) groups excluding carboxylic acids is 1. The Balaban J connectivity index is 1.34. The Morgan fingerprint density at radius 3 is 2.59 bits per heavy atom. The van der Waals surface area contributed by atoms with Gasteiger partial charge >= 0.3 is 6.18 Å². The molecule has 8 nitrogen and oxygen atoms in total. The van der Waals surface area contributed by atoms with Crippen molar-refractivity contribution in [3.63, 3.8) is 0 Å². The number of hydrogen-bond acceptors (Lipinski definition) is 7. The van der Waals surface area contributed by atoms with Crippen LogP contribution >= 0.6 is 0 Å². The lowest BCUT2D eigenvalue weighted by Gasteiger charge is -2.39. The van der Waals surface area contributed by atoms with Gasteiger partial charge in [-0.15, -0.1) is 0 Å². The van der Waals surface area contributed by atoms with E-state index in [4.69, 9.17) is 4.74 Å². The van der Waals surface area contributed by atoms with Crippen molar-refractivity contribution in [2.24, 2.45) is 11.8 Å². The molecular formula is C23H29F3N6O2. The number of hydrogen-bond donors (Lipinski definition) is 3. The molecule has 0 spiro atoms.